The van der Waals surface area contributed by atoms with Gasteiger partial charge in [-0.05, 0) is 54.4 Å². The van der Waals surface area contributed by atoms with Gasteiger partial charge in [0.2, 0.25) is 5.17 Å². The Morgan fingerprint density at radius 3 is 2.79 bits per heavy atom. The zero-order valence-electron chi connectivity index (χ0n) is 17.7. The number of hydrogen-bond acceptors (Lipinski definition) is 4. The maximum absolute atomic E-state index is 12.8. The first kappa shape index (κ1) is 21.9. The molecule has 0 radical (unpaired) electrons. The summed E-state index contributed by atoms with van der Waals surface area (Å²) >= 11 is 13.8. The summed E-state index contributed by atoms with van der Waals surface area (Å²) < 4.78 is 2.08. The maximum atomic E-state index is 12.8. The maximum Gasteiger partial charge on any atom is 0.283 e. The molecule has 1 N–H and O–H groups in total. The van der Waals surface area contributed by atoms with Crippen LogP contribution < -0.4 is 0 Å². The first-order valence-corrected chi connectivity index (χ1v) is 12.0. The first-order chi connectivity index (χ1) is 15.9. The molecule has 2 aromatic carbocycles. The van der Waals surface area contributed by atoms with Crippen LogP contribution in [0.5, 0.6) is 0 Å². The topological polar surface area (TPSA) is 73.8 Å². The van der Waals surface area contributed by atoms with E-state index < -0.39 is 5.91 Å². The number of aromatic nitrogens is 1. The number of nitrogens with one attached hydrogen (secondary N) is 1. The molecule has 2 aliphatic rings. The highest BCUT2D eigenvalue weighted by molar-refractivity contribution is 8.26. The summed E-state index contributed by atoms with van der Waals surface area (Å²) in [6, 6.07) is 13.4. The van der Waals surface area contributed by atoms with Crippen molar-refractivity contribution >= 4 is 73.9 Å². The third-order valence-electron chi connectivity index (χ3n) is 5.44. The summed E-state index contributed by atoms with van der Waals surface area (Å²) in [5.41, 5.74) is 2.97. The summed E-state index contributed by atoms with van der Waals surface area (Å²) in [7, 11) is 0. The molecule has 9 heteroatoms. The number of carbonyl (C=O) groups is 1. The molecular weight excluding hydrogens is 477 g/mol. The zero-order valence-corrected chi connectivity index (χ0v) is 20.0. The molecule has 0 unspecified atom stereocenters. The quantitative estimate of drug-likeness (QED) is 0.415. The second-order valence-electron chi connectivity index (χ2n) is 7.73. The number of halogens is 2. The molecule has 0 bridgehead atoms. The highest BCUT2D eigenvalue weighted by atomic mass is 35.5. The molecule has 6 nitrogen and oxygen atoms in total. The number of rotatable bonds is 5. The lowest BCUT2D eigenvalue weighted by atomic mass is 10.1. The van der Waals surface area contributed by atoms with E-state index in [0.29, 0.717) is 21.8 Å². The summed E-state index contributed by atoms with van der Waals surface area (Å²) in [4.78, 5) is 17.0. The lowest BCUT2D eigenvalue weighted by Gasteiger charge is -2.20. The van der Waals surface area contributed by atoms with Gasteiger partial charge in [-0.3, -0.25) is 10.2 Å². The van der Waals surface area contributed by atoms with Crippen molar-refractivity contribution in [3.63, 3.8) is 0 Å². The second-order valence-corrected chi connectivity index (χ2v) is 9.61. The molecule has 3 aromatic rings. The Morgan fingerprint density at radius 2 is 2.00 bits per heavy atom. The summed E-state index contributed by atoms with van der Waals surface area (Å²) in [5.74, 6) is -0.384. The van der Waals surface area contributed by atoms with E-state index in [0.717, 1.165) is 39.9 Å². The number of hydrazone groups is 1. The molecule has 166 valence electrons. The van der Waals surface area contributed by atoms with E-state index in [1.54, 1.807) is 12.1 Å². The Morgan fingerprint density at radius 1 is 1.18 bits per heavy atom. The minimum absolute atomic E-state index is 0.0428. The molecular formula is C24H19Cl2N5OS. The van der Waals surface area contributed by atoms with Crippen LogP contribution in [0.3, 0.4) is 0 Å². The predicted molar refractivity (Wildman–Crippen MR) is 137 cm³/mol. The van der Waals surface area contributed by atoms with Crippen LogP contribution in [0.15, 0.2) is 64.3 Å². The summed E-state index contributed by atoms with van der Waals surface area (Å²) in [6.45, 7) is 2.61. The van der Waals surface area contributed by atoms with Crippen molar-refractivity contribution in [2.75, 3.05) is 0 Å². The summed E-state index contributed by atoms with van der Waals surface area (Å²) in [5, 5.41) is 18.0. The third kappa shape index (κ3) is 4.12. The third-order valence-corrected chi connectivity index (χ3v) is 6.99. The Bertz CT molecular complexity index is 1410. The molecule has 0 saturated heterocycles. The van der Waals surface area contributed by atoms with Gasteiger partial charge >= 0.3 is 0 Å². The van der Waals surface area contributed by atoms with Crippen molar-refractivity contribution in [1.82, 2.24) is 9.58 Å². The van der Waals surface area contributed by atoms with Crippen molar-refractivity contribution in [3.05, 3.63) is 75.4 Å². The van der Waals surface area contributed by atoms with Crippen molar-refractivity contribution < 1.29 is 4.79 Å². The summed E-state index contributed by atoms with van der Waals surface area (Å²) in [6.07, 6.45) is 5.42. The number of para-hydroxylation sites is 1. The van der Waals surface area contributed by atoms with Gasteiger partial charge in [0.15, 0.2) is 5.84 Å². The van der Waals surface area contributed by atoms with Gasteiger partial charge < -0.3 is 4.57 Å². The van der Waals surface area contributed by atoms with E-state index in [4.69, 9.17) is 28.6 Å². The number of carbonyl (C=O) groups excluding carboxylic acids is 1. The fraction of sp³-hybridized carbons (Fsp3) is 0.167. The predicted octanol–water partition coefficient (Wildman–Crippen LogP) is 6.42. The molecule has 5 rings (SSSR count). The highest BCUT2D eigenvalue weighted by Crippen LogP contribution is 2.32. The minimum Gasteiger partial charge on any atom is -0.342 e. The molecule has 33 heavy (non-hydrogen) atoms. The van der Waals surface area contributed by atoms with Crippen LogP contribution in [-0.2, 0) is 11.3 Å². The van der Waals surface area contributed by atoms with Gasteiger partial charge in [-0.25, -0.2) is 0 Å². The van der Waals surface area contributed by atoms with E-state index in [1.165, 1.54) is 16.8 Å². The van der Waals surface area contributed by atoms with Gasteiger partial charge in [0.1, 0.15) is 5.04 Å². The van der Waals surface area contributed by atoms with Crippen LogP contribution in [0.1, 0.15) is 30.9 Å². The Balaban J connectivity index is 1.54. The lowest BCUT2D eigenvalue weighted by molar-refractivity contribution is -0.114. The first-order valence-electron chi connectivity index (χ1n) is 10.5. The van der Waals surface area contributed by atoms with Crippen molar-refractivity contribution in [2.45, 2.75) is 26.3 Å². The van der Waals surface area contributed by atoms with Gasteiger partial charge in [-0.2, -0.15) is 15.1 Å². The molecule has 1 amide bonds. The van der Waals surface area contributed by atoms with Crippen LogP contribution in [0.4, 0.5) is 0 Å². The zero-order chi connectivity index (χ0) is 23.1. The number of nitrogens with zero attached hydrogens (tertiary/aromatic N) is 4. The SMILES string of the molecule is CCCC1=NN2C(=N)/C(=C/c3cn(Cc4ccc(Cl)cc4Cl)c4ccccc34)C(=O)N=C2S1. The van der Waals surface area contributed by atoms with Gasteiger partial charge in [-0.15, -0.1) is 0 Å². The molecule has 0 spiro atoms. The molecule has 3 heterocycles. The average Bonchev–Trinajstić information content (AvgIpc) is 3.35. The minimum atomic E-state index is -0.427. The van der Waals surface area contributed by atoms with E-state index >= 15 is 0 Å². The fourth-order valence-corrected chi connectivity index (χ4v) is 5.31. The van der Waals surface area contributed by atoms with Crippen molar-refractivity contribution in [1.29, 1.82) is 5.41 Å². The fourth-order valence-electron chi connectivity index (χ4n) is 3.86. The Labute approximate surface area is 205 Å². The highest BCUT2D eigenvalue weighted by Gasteiger charge is 2.35. The van der Waals surface area contributed by atoms with Crippen LogP contribution >= 0.6 is 35.0 Å². The van der Waals surface area contributed by atoms with Gasteiger partial charge in [-0.1, -0.05) is 54.4 Å². The lowest BCUT2D eigenvalue weighted by Crippen LogP contribution is -2.35. The van der Waals surface area contributed by atoms with Crippen molar-refractivity contribution in [3.8, 4) is 0 Å². The normalized spacial score (nSPS) is 17.1. The molecule has 0 saturated carbocycles. The number of amides is 1. The number of benzene rings is 2. The number of aliphatic imine (C=N–C) groups is 1. The molecule has 2 aliphatic heterocycles. The second kappa shape index (κ2) is 8.82. The van der Waals surface area contributed by atoms with Crippen LogP contribution in [0.2, 0.25) is 10.0 Å². The molecule has 0 aliphatic carbocycles. The molecule has 0 fully saturated rings. The Hall–Kier alpha value is -2.87. The van der Waals surface area contributed by atoms with E-state index in [1.807, 2.05) is 42.6 Å². The number of amidine groups is 2. The van der Waals surface area contributed by atoms with Crippen LogP contribution in [-0.4, -0.2) is 31.5 Å². The van der Waals surface area contributed by atoms with Gasteiger partial charge in [0.25, 0.3) is 5.91 Å². The van der Waals surface area contributed by atoms with Crippen LogP contribution in [0.25, 0.3) is 17.0 Å². The Kier molecular flexibility index (Phi) is 5.86. The molecule has 0 atom stereocenters. The number of hydrogen-bond donors (Lipinski definition) is 1. The average molecular weight is 496 g/mol. The van der Waals surface area contributed by atoms with E-state index in [9.17, 15) is 4.79 Å². The largest absolute Gasteiger partial charge is 0.342 e. The van der Waals surface area contributed by atoms with Crippen LogP contribution in [0, 0.1) is 5.41 Å². The van der Waals surface area contributed by atoms with E-state index in [-0.39, 0.29) is 11.4 Å². The van der Waals surface area contributed by atoms with Crippen molar-refractivity contribution in [2.24, 2.45) is 10.1 Å². The van der Waals surface area contributed by atoms with Gasteiger partial charge in [0, 0.05) is 39.3 Å². The van der Waals surface area contributed by atoms with E-state index in [2.05, 4.69) is 21.6 Å². The monoisotopic (exact) mass is 495 g/mol. The number of fused-ring (bicyclic) bond motifs is 2. The standard InChI is InChI=1S/C24H19Cl2N5OS/c1-2-5-21-29-31-22(27)18(23(32)28-24(31)33-21)10-15-13-30(20-7-4-3-6-17(15)20)12-14-8-9-16(25)11-19(14)26/h3-4,6-11,13,27H,2,5,12H2,1H3/b18-10-,27-22?. The number of thioether (sulfide) groups is 1. The smallest absolute Gasteiger partial charge is 0.283 e. The molecule has 1 aromatic heterocycles. The van der Waals surface area contributed by atoms with Gasteiger partial charge in [0.05, 0.1) is 5.57 Å².